The maximum absolute atomic E-state index is 5.97. The van der Waals surface area contributed by atoms with Crippen molar-refractivity contribution in [2.24, 2.45) is 0 Å². The smallest absolute Gasteiger partial charge is 0.145 e. The number of fused-ring (bicyclic) bond motifs is 1. The molecule has 0 aliphatic heterocycles. The summed E-state index contributed by atoms with van der Waals surface area (Å²) in [7, 11) is 0. The molecule has 0 radical (unpaired) electrons. The van der Waals surface area contributed by atoms with E-state index in [-0.39, 0.29) is 0 Å². The molecule has 0 atom stereocenters. The van der Waals surface area contributed by atoms with Gasteiger partial charge in [-0.15, -0.1) is 5.92 Å². The molecule has 0 bridgehead atoms. The van der Waals surface area contributed by atoms with E-state index in [0.29, 0.717) is 5.15 Å². The van der Waals surface area contributed by atoms with Crippen molar-refractivity contribution in [1.29, 1.82) is 0 Å². The number of nitrogens with zero attached hydrogens (tertiary/aromatic N) is 1. The minimum atomic E-state index is 0.470. The van der Waals surface area contributed by atoms with Crippen molar-refractivity contribution < 1.29 is 0 Å². The highest BCUT2D eigenvalue weighted by atomic mass is 35.5. The van der Waals surface area contributed by atoms with Crippen LogP contribution >= 0.6 is 11.6 Å². The Morgan fingerprint density at radius 1 is 1.29 bits per heavy atom. The standard InChI is InChI=1S/C12H8ClN/c1-2-5-10-8-9-6-3-4-7-11(9)14-12(10)13/h3-4,6-8H,1H3. The molecular weight excluding hydrogens is 194 g/mol. The predicted octanol–water partition coefficient (Wildman–Crippen LogP) is 3.26. The third kappa shape index (κ3) is 1.57. The highest BCUT2D eigenvalue weighted by Gasteiger charge is 2.01. The van der Waals surface area contributed by atoms with Crippen LogP contribution in [0.1, 0.15) is 12.5 Å². The Morgan fingerprint density at radius 2 is 2.07 bits per heavy atom. The number of rotatable bonds is 0. The Kier molecular flexibility index (Phi) is 2.39. The molecule has 14 heavy (non-hydrogen) atoms. The number of aromatic nitrogens is 1. The minimum absolute atomic E-state index is 0.470. The summed E-state index contributed by atoms with van der Waals surface area (Å²) >= 11 is 5.97. The van der Waals surface area contributed by atoms with E-state index >= 15 is 0 Å². The van der Waals surface area contributed by atoms with Crippen molar-refractivity contribution in [2.45, 2.75) is 6.92 Å². The van der Waals surface area contributed by atoms with E-state index in [4.69, 9.17) is 11.6 Å². The molecule has 2 rings (SSSR count). The van der Waals surface area contributed by atoms with Gasteiger partial charge in [-0.25, -0.2) is 4.98 Å². The van der Waals surface area contributed by atoms with E-state index in [1.807, 2.05) is 30.3 Å². The molecule has 0 spiro atoms. The molecule has 1 aromatic heterocycles. The molecule has 1 heterocycles. The zero-order valence-electron chi connectivity index (χ0n) is 7.71. The second kappa shape index (κ2) is 3.69. The Morgan fingerprint density at radius 3 is 2.86 bits per heavy atom. The predicted molar refractivity (Wildman–Crippen MR) is 59.3 cm³/mol. The summed E-state index contributed by atoms with van der Waals surface area (Å²) in [6.07, 6.45) is 0. The maximum Gasteiger partial charge on any atom is 0.145 e. The van der Waals surface area contributed by atoms with Gasteiger partial charge in [0.1, 0.15) is 5.15 Å². The third-order valence-corrected chi connectivity index (χ3v) is 2.23. The van der Waals surface area contributed by atoms with Crippen LogP contribution in [0.25, 0.3) is 10.9 Å². The summed E-state index contributed by atoms with van der Waals surface area (Å²) in [6.45, 7) is 1.78. The number of pyridine rings is 1. The van der Waals surface area contributed by atoms with Gasteiger partial charge < -0.3 is 0 Å². The molecule has 68 valence electrons. The van der Waals surface area contributed by atoms with Crippen LogP contribution in [-0.2, 0) is 0 Å². The van der Waals surface area contributed by atoms with Crippen molar-refractivity contribution in [3.8, 4) is 11.8 Å². The fourth-order valence-corrected chi connectivity index (χ4v) is 1.51. The number of hydrogen-bond donors (Lipinski definition) is 0. The quantitative estimate of drug-likeness (QED) is 0.471. The van der Waals surface area contributed by atoms with Crippen LogP contribution in [0, 0.1) is 11.8 Å². The van der Waals surface area contributed by atoms with E-state index in [2.05, 4.69) is 16.8 Å². The molecule has 0 saturated carbocycles. The van der Waals surface area contributed by atoms with Crippen LogP contribution in [0.15, 0.2) is 30.3 Å². The lowest BCUT2D eigenvalue weighted by atomic mass is 10.1. The van der Waals surface area contributed by atoms with Crippen molar-refractivity contribution in [3.63, 3.8) is 0 Å². The van der Waals surface area contributed by atoms with Gasteiger partial charge >= 0.3 is 0 Å². The molecule has 0 N–H and O–H groups in total. The van der Waals surface area contributed by atoms with Crippen molar-refractivity contribution in [3.05, 3.63) is 41.0 Å². The lowest BCUT2D eigenvalue weighted by molar-refractivity contribution is 1.39. The Bertz CT molecular complexity index is 535. The molecule has 0 amide bonds. The van der Waals surface area contributed by atoms with Crippen molar-refractivity contribution >= 4 is 22.5 Å². The second-order valence-corrected chi connectivity index (χ2v) is 3.25. The first-order valence-electron chi connectivity index (χ1n) is 4.29. The number of hydrogen-bond acceptors (Lipinski definition) is 1. The van der Waals surface area contributed by atoms with Gasteiger partial charge in [-0.3, -0.25) is 0 Å². The average Bonchev–Trinajstić information content (AvgIpc) is 2.19. The average molecular weight is 202 g/mol. The molecule has 0 fully saturated rings. The molecule has 1 aromatic carbocycles. The molecule has 0 saturated heterocycles. The SMILES string of the molecule is CC#Cc1cc2ccccc2nc1Cl. The maximum atomic E-state index is 5.97. The van der Waals surface area contributed by atoms with Crippen LogP contribution in [-0.4, -0.2) is 4.98 Å². The first-order valence-corrected chi connectivity index (χ1v) is 4.67. The zero-order chi connectivity index (χ0) is 9.97. The van der Waals surface area contributed by atoms with Crippen molar-refractivity contribution in [1.82, 2.24) is 4.98 Å². The van der Waals surface area contributed by atoms with Crippen LogP contribution in [0.4, 0.5) is 0 Å². The van der Waals surface area contributed by atoms with Crippen LogP contribution in [0.2, 0.25) is 5.15 Å². The van der Waals surface area contributed by atoms with E-state index in [0.717, 1.165) is 16.5 Å². The lowest BCUT2D eigenvalue weighted by Crippen LogP contribution is -1.84. The van der Waals surface area contributed by atoms with Gasteiger partial charge in [-0.1, -0.05) is 35.7 Å². The highest BCUT2D eigenvalue weighted by molar-refractivity contribution is 6.31. The van der Waals surface area contributed by atoms with E-state index in [1.165, 1.54) is 0 Å². The summed E-state index contributed by atoms with van der Waals surface area (Å²) in [5.74, 6) is 5.74. The van der Waals surface area contributed by atoms with E-state index < -0.39 is 0 Å². The Labute approximate surface area is 87.7 Å². The topological polar surface area (TPSA) is 12.9 Å². The first kappa shape index (κ1) is 9.05. The fraction of sp³-hybridized carbons (Fsp3) is 0.0833. The van der Waals surface area contributed by atoms with Gasteiger partial charge in [0.15, 0.2) is 0 Å². The molecule has 0 aliphatic carbocycles. The van der Waals surface area contributed by atoms with Gasteiger partial charge in [-0.05, 0) is 19.1 Å². The summed E-state index contributed by atoms with van der Waals surface area (Å²) in [6, 6.07) is 9.81. The Hall–Kier alpha value is -1.52. The van der Waals surface area contributed by atoms with Gasteiger partial charge in [0.25, 0.3) is 0 Å². The monoisotopic (exact) mass is 201 g/mol. The van der Waals surface area contributed by atoms with Crippen LogP contribution in [0.3, 0.4) is 0 Å². The van der Waals surface area contributed by atoms with Gasteiger partial charge in [-0.2, -0.15) is 0 Å². The highest BCUT2D eigenvalue weighted by Crippen LogP contribution is 2.19. The second-order valence-electron chi connectivity index (χ2n) is 2.89. The molecule has 1 nitrogen and oxygen atoms in total. The molecule has 2 heteroatoms. The van der Waals surface area contributed by atoms with Gasteiger partial charge in [0.05, 0.1) is 11.1 Å². The van der Waals surface area contributed by atoms with Crippen molar-refractivity contribution in [2.75, 3.05) is 0 Å². The Balaban J connectivity index is 2.75. The normalized spacial score (nSPS) is 9.57. The summed E-state index contributed by atoms with van der Waals surface area (Å²) in [5.41, 5.74) is 1.69. The number of para-hydroxylation sites is 1. The molecule has 0 aliphatic rings. The van der Waals surface area contributed by atoms with E-state index in [9.17, 15) is 0 Å². The number of halogens is 1. The molecular formula is C12H8ClN. The van der Waals surface area contributed by atoms with Gasteiger partial charge in [0, 0.05) is 5.39 Å². The minimum Gasteiger partial charge on any atom is -0.235 e. The fourth-order valence-electron chi connectivity index (χ4n) is 1.31. The van der Waals surface area contributed by atoms with Crippen LogP contribution in [0.5, 0.6) is 0 Å². The summed E-state index contributed by atoms with van der Waals surface area (Å²) < 4.78 is 0. The summed E-state index contributed by atoms with van der Waals surface area (Å²) in [4.78, 5) is 4.26. The van der Waals surface area contributed by atoms with Gasteiger partial charge in [0.2, 0.25) is 0 Å². The first-order chi connectivity index (χ1) is 6.81. The molecule has 0 unspecified atom stereocenters. The third-order valence-electron chi connectivity index (χ3n) is 1.94. The summed E-state index contributed by atoms with van der Waals surface area (Å²) in [5, 5.41) is 1.53. The van der Waals surface area contributed by atoms with E-state index in [1.54, 1.807) is 6.92 Å². The largest absolute Gasteiger partial charge is 0.235 e. The zero-order valence-corrected chi connectivity index (χ0v) is 8.47. The lowest BCUT2D eigenvalue weighted by Gasteiger charge is -1.99. The van der Waals surface area contributed by atoms with Crippen LogP contribution < -0.4 is 0 Å². The number of benzene rings is 1. The molecule has 2 aromatic rings.